The zero-order valence-corrected chi connectivity index (χ0v) is 8.21. The van der Waals surface area contributed by atoms with Crippen LogP contribution in [-0.2, 0) is 4.79 Å². The molecule has 1 heterocycles. The summed E-state index contributed by atoms with van der Waals surface area (Å²) in [4.78, 5) is 15.6. The SMILES string of the molecule is CCN1CCN(C(C)C)C(=O)C1. The summed E-state index contributed by atoms with van der Waals surface area (Å²) < 4.78 is 0. The topological polar surface area (TPSA) is 23.6 Å². The maximum Gasteiger partial charge on any atom is 0.237 e. The van der Waals surface area contributed by atoms with Gasteiger partial charge in [0.2, 0.25) is 5.91 Å². The van der Waals surface area contributed by atoms with Crippen molar-refractivity contribution < 1.29 is 4.79 Å². The molecule has 0 aromatic heterocycles. The highest BCUT2D eigenvalue weighted by atomic mass is 16.2. The Labute approximate surface area is 74.3 Å². The molecule has 70 valence electrons. The fraction of sp³-hybridized carbons (Fsp3) is 0.889. The van der Waals surface area contributed by atoms with Crippen LogP contribution in [0.5, 0.6) is 0 Å². The van der Waals surface area contributed by atoms with E-state index in [1.54, 1.807) is 0 Å². The molecule has 1 rings (SSSR count). The van der Waals surface area contributed by atoms with Crippen molar-refractivity contribution in [3.63, 3.8) is 0 Å². The Kier molecular flexibility index (Phi) is 3.09. The second kappa shape index (κ2) is 3.90. The van der Waals surface area contributed by atoms with Crippen LogP contribution < -0.4 is 0 Å². The summed E-state index contributed by atoms with van der Waals surface area (Å²) in [6.07, 6.45) is 0. The lowest BCUT2D eigenvalue weighted by atomic mass is 10.2. The van der Waals surface area contributed by atoms with E-state index < -0.39 is 0 Å². The number of hydrogen-bond acceptors (Lipinski definition) is 2. The molecule has 0 aliphatic carbocycles. The van der Waals surface area contributed by atoms with Crippen molar-refractivity contribution in [1.29, 1.82) is 0 Å². The van der Waals surface area contributed by atoms with Gasteiger partial charge < -0.3 is 4.90 Å². The van der Waals surface area contributed by atoms with Gasteiger partial charge in [-0.2, -0.15) is 0 Å². The van der Waals surface area contributed by atoms with Gasteiger partial charge in [-0.15, -0.1) is 0 Å². The number of carbonyl (C=O) groups excluding carboxylic acids is 1. The van der Waals surface area contributed by atoms with Crippen LogP contribution in [0.4, 0.5) is 0 Å². The minimum Gasteiger partial charge on any atom is -0.338 e. The van der Waals surface area contributed by atoms with Crippen molar-refractivity contribution in [2.45, 2.75) is 26.8 Å². The Morgan fingerprint density at radius 2 is 2.08 bits per heavy atom. The first-order chi connectivity index (χ1) is 5.65. The fourth-order valence-corrected chi connectivity index (χ4v) is 1.55. The van der Waals surface area contributed by atoms with Crippen molar-refractivity contribution in [3.05, 3.63) is 0 Å². The lowest BCUT2D eigenvalue weighted by Crippen LogP contribution is -2.52. The summed E-state index contributed by atoms with van der Waals surface area (Å²) in [6.45, 7) is 9.74. The van der Waals surface area contributed by atoms with Gasteiger partial charge >= 0.3 is 0 Å². The molecular formula is C9H18N2O. The van der Waals surface area contributed by atoms with E-state index in [1.165, 1.54) is 0 Å². The smallest absolute Gasteiger partial charge is 0.237 e. The van der Waals surface area contributed by atoms with Gasteiger partial charge in [0, 0.05) is 19.1 Å². The van der Waals surface area contributed by atoms with Crippen molar-refractivity contribution in [3.8, 4) is 0 Å². The van der Waals surface area contributed by atoms with E-state index in [1.807, 2.05) is 4.90 Å². The summed E-state index contributed by atoms with van der Waals surface area (Å²) in [5.74, 6) is 0.276. The van der Waals surface area contributed by atoms with E-state index in [4.69, 9.17) is 0 Å². The lowest BCUT2D eigenvalue weighted by molar-refractivity contribution is -0.137. The molecule has 0 aromatic rings. The third-order valence-corrected chi connectivity index (χ3v) is 2.41. The molecule has 0 atom stereocenters. The third-order valence-electron chi connectivity index (χ3n) is 2.41. The highest BCUT2D eigenvalue weighted by molar-refractivity contribution is 5.79. The zero-order valence-electron chi connectivity index (χ0n) is 8.21. The van der Waals surface area contributed by atoms with Gasteiger partial charge in [0.1, 0.15) is 0 Å². The van der Waals surface area contributed by atoms with E-state index in [9.17, 15) is 4.79 Å². The Balaban J connectivity index is 2.48. The van der Waals surface area contributed by atoms with Gasteiger partial charge in [0.25, 0.3) is 0 Å². The second-order valence-electron chi connectivity index (χ2n) is 3.55. The maximum absolute atomic E-state index is 11.5. The van der Waals surface area contributed by atoms with Crippen molar-refractivity contribution in [1.82, 2.24) is 9.80 Å². The molecule has 1 saturated heterocycles. The highest BCUT2D eigenvalue weighted by Gasteiger charge is 2.24. The van der Waals surface area contributed by atoms with Gasteiger partial charge in [-0.3, -0.25) is 9.69 Å². The molecule has 3 heteroatoms. The largest absolute Gasteiger partial charge is 0.338 e. The molecule has 0 radical (unpaired) electrons. The number of carbonyl (C=O) groups is 1. The summed E-state index contributed by atoms with van der Waals surface area (Å²) in [6, 6.07) is 0.358. The quantitative estimate of drug-likeness (QED) is 0.604. The summed E-state index contributed by atoms with van der Waals surface area (Å²) >= 11 is 0. The van der Waals surface area contributed by atoms with Crippen LogP contribution in [0.1, 0.15) is 20.8 Å². The molecule has 3 nitrogen and oxygen atoms in total. The highest BCUT2D eigenvalue weighted by Crippen LogP contribution is 2.06. The number of likely N-dealkylation sites (N-methyl/N-ethyl adjacent to an activating group) is 1. The van der Waals surface area contributed by atoms with E-state index >= 15 is 0 Å². The Morgan fingerprint density at radius 1 is 1.42 bits per heavy atom. The molecular weight excluding hydrogens is 152 g/mol. The van der Waals surface area contributed by atoms with E-state index in [-0.39, 0.29) is 5.91 Å². The van der Waals surface area contributed by atoms with Gasteiger partial charge in [-0.25, -0.2) is 0 Å². The second-order valence-corrected chi connectivity index (χ2v) is 3.55. The summed E-state index contributed by atoms with van der Waals surface area (Å²) in [5.41, 5.74) is 0. The summed E-state index contributed by atoms with van der Waals surface area (Å²) in [7, 11) is 0. The zero-order chi connectivity index (χ0) is 9.14. The third kappa shape index (κ3) is 1.97. The minimum atomic E-state index is 0.276. The first kappa shape index (κ1) is 9.52. The molecule has 0 bridgehead atoms. The van der Waals surface area contributed by atoms with Crippen LogP contribution in [0.15, 0.2) is 0 Å². The molecule has 0 aromatic carbocycles. The lowest BCUT2D eigenvalue weighted by Gasteiger charge is -2.36. The maximum atomic E-state index is 11.5. The number of nitrogens with zero attached hydrogens (tertiary/aromatic N) is 2. The Bertz CT molecular complexity index is 168. The Hall–Kier alpha value is -0.570. The van der Waals surface area contributed by atoms with Crippen LogP contribution in [0.25, 0.3) is 0 Å². The van der Waals surface area contributed by atoms with Gasteiger partial charge in [0.15, 0.2) is 0 Å². The van der Waals surface area contributed by atoms with Gasteiger partial charge in [-0.1, -0.05) is 6.92 Å². The van der Waals surface area contributed by atoms with Crippen LogP contribution in [0.2, 0.25) is 0 Å². The molecule has 12 heavy (non-hydrogen) atoms. The monoisotopic (exact) mass is 170 g/mol. The normalized spacial score (nSPS) is 20.7. The number of amides is 1. The molecule has 0 spiro atoms. The average molecular weight is 170 g/mol. The Morgan fingerprint density at radius 3 is 2.50 bits per heavy atom. The van der Waals surface area contributed by atoms with Crippen LogP contribution in [-0.4, -0.2) is 47.9 Å². The van der Waals surface area contributed by atoms with E-state index in [0.29, 0.717) is 12.6 Å². The first-order valence-electron chi connectivity index (χ1n) is 4.67. The van der Waals surface area contributed by atoms with Crippen molar-refractivity contribution >= 4 is 5.91 Å². The molecule has 0 saturated carbocycles. The molecule has 1 aliphatic rings. The van der Waals surface area contributed by atoms with Crippen LogP contribution >= 0.6 is 0 Å². The molecule has 1 fully saturated rings. The average Bonchev–Trinajstić information content (AvgIpc) is 2.03. The van der Waals surface area contributed by atoms with Gasteiger partial charge in [0.05, 0.1) is 6.54 Å². The van der Waals surface area contributed by atoms with E-state index in [2.05, 4.69) is 25.7 Å². The summed E-state index contributed by atoms with van der Waals surface area (Å²) in [5, 5.41) is 0. The van der Waals surface area contributed by atoms with E-state index in [0.717, 1.165) is 19.6 Å². The number of piperazine rings is 1. The molecule has 0 unspecified atom stereocenters. The predicted molar refractivity (Wildman–Crippen MR) is 49.0 cm³/mol. The number of rotatable bonds is 2. The molecule has 1 amide bonds. The molecule has 1 aliphatic heterocycles. The predicted octanol–water partition coefficient (Wildman–Crippen LogP) is 0.559. The van der Waals surface area contributed by atoms with Crippen LogP contribution in [0, 0.1) is 0 Å². The van der Waals surface area contributed by atoms with Crippen molar-refractivity contribution in [2.75, 3.05) is 26.2 Å². The van der Waals surface area contributed by atoms with Crippen LogP contribution in [0.3, 0.4) is 0 Å². The molecule has 0 N–H and O–H groups in total. The van der Waals surface area contributed by atoms with Gasteiger partial charge in [-0.05, 0) is 20.4 Å². The number of hydrogen-bond donors (Lipinski definition) is 0. The fourth-order valence-electron chi connectivity index (χ4n) is 1.55. The first-order valence-corrected chi connectivity index (χ1v) is 4.67. The standard InChI is InChI=1S/C9H18N2O/c1-4-10-5-6-11(8(2)3)9(12)7-10/h8H,4-7H2,1-3H3. The van der Waals surface area contributed by atoms with Crippen molar-refractivity contribution in [2.24, 2.45) is 0 Å². The minimum absolute atomic E-state index is 0.276.